The van der Waals surface area contributed by atoms with Crippen LogP contribution in [0.15, 0.2) is 48.5 Å². The standard InChI is InChI=1S/C22H29NO2/c1-5-6-9-17-12-14-18(15-13-17)23-21(24)16-25-20-11-8-7-10-19(20)22(2,3)4/h7-8,10-15H,5-6,9,16H2,1-4H3,(H,23,24). The van der Waals surface area contributed by atoms with Crippen LogP contribution in [0.2, 0.25) is 0 Å². The van der Waals surface area contributed by atoms with E-state index in [1.807, 2.05) is 36.4 Å². The quantitative estimate of drug-likeness (QED) is 0.739. The average Bonchev–Trinajstić information content (AvgIpc) is 2.59. The van der Waals surface area contributed by atoms with Crippen LogP contribution < -0.4 is 10.1 Å². The molecule has 25 heavy (non-hydrogen) atoms. The Hall–Kier alpha value is -2.29. The Morgan fingerprint density at radius 2 is 1.72 bits per heavy atom. The second kappa shape index (κ2) is 8.70. The lowest BCUT2D eigenvalue weighted by Gasteiger charge is -2.22. The zero-order chi connectivity index (χ0) is 18.3. The monoisotopic (exact) mass is 339 g/mol. The number of aryl methyl sites for hydroxylation is 1. The van der Waals surface area contributed by atoms with Crippen molar-refractivity contribution in [1.82, 2.24) is 0 Å². The van der Waals surface area contributed by atoms with Crippen molar-refractivity contribution in [3.8, 4) is 5.75 Å². The molecule has 0 saturated carbocycles. The molecule has 3 heteroatoms. The van der Waals surface area contributed by atoms with Gasteiger partial charge in [0, 0.05) is 5.69 Å². The van der Waals surface area contributed by atoms with E-state index in [1.165, 1.54) is 18.4 Å². The lowest BCUT2D eigenvalue weighted by atomic mass is 9.86. The van der Waals surface area contributed by atoms with Crippen LogP contribution in [-0.4, -0.2) is 12.5 Å². The van der Waals surface area contributed by atoms with Gasteiger partial charge in [-0.25, -0.2) is 0 Å². The van der Waals surface area contributed by atoms with Gasteiger partial charge in [0.05, 0.1) is 0 Å². The smallest absolute Gasteiger partial charge is 0.262 e. The molecule has 0 atom stereocenters. The molecule has 0 aliphatic heterocycles. The van der Waals surface area contributed by atoms with E-state index in [0.717, 1.165) is 23.4 Å². The number of hydrogen-bond donors (Lipinski definition) is 1. The fourth-order valence-corrected chi connectivity index (χ4v) is 2.69. The number of benzene rings is 2. The molecular weight excluding hydrogens is 310 g/mol. The van der Waals surface area contributed by atoms with Crippen LogP contribution >= 0.6 is 0 Å². The highest BCUT2D eigenvalue weighted by atomic mass is 16.5. The van der Waals surface area contributed by atoms with Gasteiger partial charge < -0.3 is 10.1 Å². The third-order valence-corrected chi connectivity index (χ3v) is 4.11. The number of anilines is 1. The molecule has 0 fully saturated rings. The molecule has 0 saturated heterocycles. The van der Waals surface area contributed by atoms with Crippen molar-refractivity contribution < 1.29 is 9.53 Å². The summed E-state index contributed by atoms with van der Waals surface area (Å²) in [5.41, 5.74) is 3.18. The number of hydrogen-bond acceptors (Lipinski definition) is 2. The van der Waals surface area contributed by atoms with E-state index in [2.05, 4.69) is 45.1 Å². The molecule has 0 unspecified atom stereocenters. The molecule has 0 bridgehead atoms. The fraction of sp³-hybridized carbons (Fsp3) is 0.409. The van der Waals surface area contributed by atoms with E-state index in [1.54, 1.807) is 0 Å². The fourth-order valence-electron chi connectivity index (χ4n) is 2.69. The predicted octanol–water partition coefficient (Wildman–Crippen LogP) is 5.34. The van der Waals surface area contributed by atoms with Gasteiger partial charge in [0.2, 0.25) is 0 Å². The van der Waals surface area contributed by atoms with Crippen molar-refractivity contribution in [3.63, 3.8) is 0 Å². The molecule has 0 aliphatic carbocycles. The summed E-state index contributed by atoms with van der Waals surface area (Å²) in [6.45, 7) is 8.59. The van der Waals surface area contributed by atoms with Gasteiger partial charge in [-0.05, 0) is 47.6 Å². The van der Waals surface area contributed by atoms with Crippen molar-refractivity contribution in [1.29, 1.82) is 0 Å². The highest BCUT2D eigenvalue weighted by molar-refractivity contribution is 5.91. The third-order valence-electron chi connectivity index (χ3n) is 4.11. The van der Waals surface area contributed by atoms with Crippen LogP contribution in [0.5, 0.6) is 5.75 Å². The lowest BCUT2D eigenvalue weighted by molar-refractivity contribution is -0.118. The van der Waals surface area contributed by atoms with Crippen LogP contribution in [0.25, 0.3) is 0 Å². The zero-order valence-corrected chi connectivity index (χ0v) is 15.8. The first-order valence-corrected chi connectivity index (χ1v) is 9.01. The normalized spacial score (nSPS) is 11.2. The van der Waals surface area contributed by atoms with E-state index >= 15 is 0 Å². The maximum Gasteiger partial charge on any atom is 0.262 e. The lowest BCUT2D eigenvalue weighted by Crippen LogP contribution is -2.21. The van der Waals surface area contributed by atoms with E-state index in [4.69, 9.17) is 4.74 Å². The molecule has 0 aliphatic rings. The number of carbonyl (C=O) groups excluding carboxylic acids is 1. The number of para-hydroxylation sites is 1. The van der Waals surface area contributed by atoms with Gasteiger partial charge in [-0.3, -0.25) is 4.79 Å². The molecule has 2 rings (SSSR count). The molecule has 0 heterocycles. The van der Waals surface area contributed by atoms with Crippen molar-refractivity contribution in [2.45, 2.75) is 52.4 Å². The first-order valence-electron chi connectivity index (χ1n) is 9.01. The second-order valence-electron chi connectivity index (χ2n) is 7.38. The topological polar surface area (TPSA) is 38.3 Å². The summed E-state index contributed by atoms with van der Waals surface area (Å²) >= 11 is 0. The van der Waals surface area contributed by atoms with Crippen LogP contribution in [-0.2, 0) is 16.6 Å². The Kier molecular flexibility index (Phi) is 6.63. The zero-order valence-electron chi connectivity index (χ0n) is 15.8. The third kappa shape index (κ3) is 5.93. The van der Waals surface area contributed by atoms with Crippen LogP contribution in [0.4, 0.5) is 5.69 Å². The molecule has 134 valence electrons. The van der Waals surface area contributed by atoms with Crippen LogP contribution in [0, 0.1) is 0 Å². The molecule has 1 N–H and O–H groups in total. The van der Waals surface area contributed by atoms with Gasteiger partial charge in [0.15, 0.2) is 6.61 Å². The van der Waals surface area contributed by atoms with Crippen molar-refractivity contribution >= 4 is 11.6 Å². The molecule has 2 aromatic carbocycles. The summed E-state index contributed by atoms with van der Waals surface area (Å²) in [5.74, 6) is 0.616. The van der Waals surface area contributed by atoms with E-state index in [-0.39, 0.29) is 17.9 Å². The Morgan fingerprint density at radius 3 is 2.36 bits per heavy atom. The van der Waals surface area contributed by atoms with E-state index in [0.29, 0.717) is 0 Å². The van der Waals surface area contributed by atoms with Gasteiger partial charge in [0.25, 0.3) is 5.91 Å². The predicted molar refractivity (Wildman–Crippen MR) is 104 cm³/mol. The Bertz CT molecular complexity index is 684. The molecule has 1 amide bonds. The number of ether oxygens (including phenoxy) is 1. The number of unbranched alkanes of at least 4 members (excludes halogenated alkanes) is 1. The molecule has 0 radical (unpaired) electrons. The van der Waals surface area contributed by atoms with Gasteiger partial charge in [-0.15, -0.1) is 0 Å². The summed E-state index contributed by atoms with van der Waals surface area (Å²) in [7, 11) is 0. The van der Waals surface area contributed by atoms with Crippen molar-refractivity contribution in [2.24, 2.45) is 0 Å². The summed E-state index contributed by atoms with van der Waals surface area (Å²) in [6.07, 6.45) is 3.45. The number of amides is 1. The molecule has 2 aromatic rings. The van der Waals surface area contributed by atoms with Crippen LogP contribution in [0.3, 0.4) is 0 Å². The van der Waals surface area contributed by atoms with Gasteiger partial charge >= 0.3 is 0 Å². The number of carbonyl (C=O) groups is 1. The number of rotatable bonds is 7. The van der Waals surface area contributed by atoms with E-state index in [9.17, 15) is 4.79 Å². The summed E-state index contributed by atoms with van der Waals surface area (Å²) in [5, 5.41) is 2.89. The first kappa shape index (κ1) is 19.0. The second-order valence-corrected chi connectivity index (χ2v) is 7.38. The molecule has 0 spiro atoms. The summed E-state index contributed by atoms with van der Waals surface area (Å²) in [4.78, 5) is 12.2. The molecule has 3 nitrogen and oxygen atoms in total. The average molecular weight is 339 g/mol. The van der Waals surface area contributed by atoms with E-state index < -0.39 is 0 Å². The summed E-state index contributed by atoms with van der Waals surface area (Å²) in [6, 6.07) is 15.9. The van der Waals surface area contributed by atoms with Crippen molar-refractivity contribution in [3.05, 3.63) is 59.7 Å². The van der Waals surface area contributed by atoms with Gasteiger partial charge in [0.1, 0.15) is 5.75 Å². The molecule has 0 aromatic heterocycles. The maximum absolute atomic E-state index is 12.2. The minimum atomic E-state index is -0.148. The largest absolute Gasteiger partial charge is 0.483 e. The van der Waals surface area contributed by atoms with Crippen LogP contribution in [0.1, 0.15) is 51.7 Å². The summed E-state index contributed by atoms with van der Waals surface area (Å²) < 4.78 is 5.76. The molecular formula is C22H29NO2. The highest BCUT2D eigenvalue weighted by Crippen LogP contribution is 2.30. The first-order chi connectivity index (χ1) is 11.9. The minimum absolute atomic E-state index is 0.00464. The van der Waals surface area contributed by atoms with Gasteiger partial charge in [-0.1, -0.05) is 64.4 Å². The minimum Gasteiger partial charge on any atom is -0.483 e. The maximum atomic E-state index is 12.2. The van der Waals surface area contributed by atoms with Gasteiger partial charge in [-0.2, -0.15) is 0 Å². The number of nitrogens with one attached hydrogen (secondary N) is 1. The Morgan fingerprint density at radius 1 is 1.04 bits per heavy atom. The highest BCUT2D eigenvalue weighted by Gasteiger charge is 2.18. The Labute approximate surface area is 151 Å². The van der Waals surface area contributed by atoms with Crippen molar-refractivity contribution in [2.75, 3.05) is 11.9 Å². The Balaban J connectivity index is 1.91. The SMILES string of the molecule is CCCCc1ccc(NC(=O)COc2ccccc2C(C)(C)C)cc1.